The predicted molar refractivity (Wildman–Crippen MR) is 66.2 cm³/mol. The van der Waals surface area contributed by atoms with E-state index in [1.54, 1.807) is 6.33 Å². The first-order chi connectivity index (χ1) is 8.33. The molecular weight excluding hydrogens is 234 g/mol. The van der Waals surface area contributed by atoms with Crippen LogP contribution in [0.5, 0.6) is 0 Å². The van der Waals surface area contributed by atoms with Gasteiger partial charge in [0.25, 0.3) is 0 Å². The first-order valence-corrected chi connectivity index (χ1v) is 5.93. The van der Waals surface area contributed by atoms with Crippen LogP contribution in [0, 0.1) is 16.0 Å². The Morgan fingerprint density at radius 3 is 3.18 bits per heavy atom. The van der Waals surface area contributed by atoms with E-state index in [4.69, 9.17) is 12.2 Å². The van der Waals surface area contributed by atoms with Crippen LogP contribution in [0.15, 0.2) is 6.33 Å². The molecule has 0 atom stereocenters. The third kappa shape index (κ3) is 1.47. The minimum atomic E-state index is 0.559. The summed E-state index contributed by atoms with van der Waals surface area (Å²) in [5.41, 5.74) is 3.47. The highest BCUT2D eigenvalue weighted by molar-refractivity contribution is 7.71. The van der Waals surface area contributed by atoms with Gasteiger partial charge in [0.15, 0.2) is 4.64 Å². The first-order valence-electron chi connectivity index (χ1n) is 5.52. The van der Waals surface area contributed by atoms with E-state index in [1.165, 1.54) is 0 Å². The van der Waals surface area contributed by atoms with E-state index in [1.807, 2.05) is 0 Å². The Hall–Kier alpha value is -1.71. The molecule has 0 aromatic carbocycles. The minimum absolute atomic E-state index is 0.559. The zero-order valence-corrected chi connectivity index (χ0v) is 9.97. The van der Waals surface area contributed by atoms with Gasteiger partial charge < -0.3 is 14.9 Å². The second-order valence-electron chi connectivity index (χ2n) is 4.02. The molecule has 3 rings (SSSR count). The average molecular weight is 245 g/mol. The van der Waals surface area contributed by atoms with E-state index in [0.29, 0.717) is 10.2 Å². The van der Waals surface area contributed by atoms with Gasteiger partial charge in [0.1, 0.15) is 11.6 Å². The van der Waals surface area contributed by atoms with E-state index in [0.717, 1.165) is 42.8 Å². The fourth-order valence-corrected chi connectivity index (χ4v) is 2.66. The smallest absolute Gasteiger partial charge is 0.153 e. The second-order valence-corrected chi connectivity index (χ2v) is 4.40. The summed E-state index contributed by atoms with van der Waals surface area (Å²) in [4.78, 5) is 7.15. The third-order valence-electron chi connectivity index (χ3n) is 3.13. The van der Waals surface area contributed by atoms with Crippen molar-refractivity contribution >= 4 is 23.3 Å². The van der Waals surface area contributed by atoms with Crippen LogP contribution in [0.4, 0.5) is 0 Å². The van der Waals surface area contributed by atoms with E-state index in [-0.39, 0.29) is 0 Å². The van der Waals surface area contributed by atoms with Gasteiger partial charge in [0.2, 0.25) is 0 Å². The lowest BCUT2D eigenvalue weighted by atomic mass is 10.2. The van der Waals surface area contributed by atoms with Crippen LogP contribution in [0.3, 0.4) is 0 Å². The van der Waals surface area contributed by atoms with Gasteiger partial charge >= 0.3 is 0 Å². The van der Waals surface area contributed by atoms with Crippen LogP contribution in [0.25, 0.3) is 11.0 Å². The molecule has 5 nitrogen and oxygen atoms in total. The summed E-state index contributed by atoms with van der Waals surface area (Å²) in [6.07, 6.45) is 2.41. The zero-order chi connectivity index (χ0) is 11.8. The Bertz CT molecular complexity index is 675. The van der Waals surface area contributed by atoms with Crippen molar-refractivity contribution in [3.63, 3.8) is 0 Å². The molecule has 0 amide bonds. The molecule has 1 aliphatic heterocycles. The Morgan fingerprint density at radius 2 is 2.35 bits per heavy atom. The number of rotatable bonds is 0. The quantitative estimate of drug-likeness (QED) is 0.682. The molecule has 17 heavy (non-hydrogen) atoms. The van der Waals surface area contributed by atoms with Crippen molar-refractivity contribution in [2.45, 2.75) is 13.0 Å². The van der Waals surface area contributed by atoms with Gasteiger partial charge in [-0.3, -0.25) is 0 Å². The van der Waals surface area contributed by atoms with Crippen molar-refractivity contribution in [1.82, 2.24) is 19.9 Å². The Morgan fingerprint density at radius 1 is 1.47 bits per heavy atom. The van der Waals surface area contributed by atoms with Crippen LogP contribution in [-0.4, -0.2) is 27.6 Å². The van der Waals surface area contributed by atoms with Gasteiger partial charge in [-0.05, 0) is 0 Å². The monoisotopic (exact) mass is 245 g/mol. The fourth-order valence-electron chi connectivity index (χ4n) is 2.40. The van der Waals surface area contributed by atoms with Crippen molar-refractivity contribution < 1.29 is 0 Å². The third-order valence-corrected chi connectivity index (χ3v) is 3.43. The predicted octanol–water partition coefficient (Wildman–Crippen LogP) is 1.11. The van der Waals surface area contributed by atoms with Crippen molar-refractivity contribution in [2.24, 2.45) is 0 Å². The van der Waals surface area contributed by atoms with Gasteiger partial charge in [-0.1, -0.05) is 12.2 Å². The molecular formula is C11H11N5S. The lowest BCUT2D eigenvalue weighted by Crippen LogP contribution is -2.17. The molecule has 3 heterocycles. The summed E-state index contributed by atoms with van der Waals surface area (Å²) in [6, 6.07) is 2.28. The number of nitrogens with zero attached hydrogens (tertiary/aromatic N) is 3. The van der Waals surface area contributed by atoms with Gasteiger partial charge in [-0.25, -0.2) is 4.98 Å². The molecule has 0 aliphatic carbocycles. The van der Waals surface area contributed by atoms with E-state index in [9.17, 15) is 5.26 Å². The molecule has 2 aromatic heterocycles. The molecule has 0 radical (unpaired) electrons. The molecule has 6 heteroatoms. The molecule has 0 unspecified atom stereocenters. The summed E-state index contributed by atoms with van der Waals surface area (Å²) in [5, 5.41) is 12.6. The first kappa shape index (κ1) is 10.4. The number of fused-ring (bicyclic) bond motifs is 3. The highest BCUT2D eigenvalue weighted by Crippen LogP contribution is 2.25. The number of nitriles is 1. The number of nitrogens with one attached hydrogen (secondary N) is 2. The number of aromatic amines is 1. The molecule has 86 valence electrons. The molecule has 1 aliphatic rings. The van der Waals surface area contributed by atoms with Crippen molar-refractivity contribution in [3.05, 3.63) is 22.2 Å². The number of hydrogen-bond donors (Lipinski definition) is 2. The number of H-pyrrole nitrogens is 1. The molecule has 2 N–H and O–H groups in total. The number of hydrogen-bond acceptors (Lipinski definition) is 4. The average Bonchev–Trinajstić information content (AvgIpc) is 2.49. The molecule has 0 bridgehead atoms. The van der Waals surface area contributed by atoms with E-state index < -0.39 is 0 Å². The van der Waals surface area contributed by atoms with Crippen molar-refractivity contribution in [3.8, 4) is 6.07 Å². The summed E-state index contributed by atoms with van der Waals surface area (Å²) in [5.74, 6) is 0. The van der Waals surface area contributed by atoms with Gasteiger partial charge in [-0.2, -0.15) is 5.26 Å². The Labute approximate surface area is 103 Å². The summed E-state index contributed by atoms with van der Waals surface area (Å²) >= 11 is 5.26. The van der Waals surface area contributed by atoms with Crippen LogP contribution < -0.4 is 5.32 Å². The Balaban J connectivity index is 2.46. The standard InChI is InChI=1S/C11H11N5S/c12-5-7-8-1-2-13-3-4-16(8)10-9(7)14-6-15-11(10)17/h6,13H,1-4H2,(H,14,15,17). The van der Waals surface area contributed by atoms with Gasteiger partial charge in [0.05, 0.1) is 17.4 Å². The maximum Gasteiger partial charge on any atom is 0.153 e. The van der Waals surface area contributed by atoms with Crippen molar-refractivity contribution in [1.29, 1.82) is 5.26 Å². The maximum atomic E-state index is 9.31. The number of aromatic nitrogens is 3. The molecule has 0 fully saturated rings. The fraction of sp³-hybridized carbons (Fsp3) is 0.364. The summed E-state index contributed by atoms with van der Waals surface area (Å²) in [6.45, 7) is 2.62. The molecule has 0 saturated heterocycles. The van der Waals surface area contributed by atoms with Crippen LogP contribution in [0.1, 0.15) is 11.3 Å². The highest BCUT2D eigenvalue weighted by atomic mass is 32.1. The van der Waals surface area contributed by atoms with Crippen LogP contribution in [0.2, 0.25) is 0 Å². The molecule has 0 spiro atoms. The van der Waals surface area contributed by atoms with Gasteiger partial charge in [-0.15, -0.1) is 0 Å². The van der Waals surface area contributed by atoms with Crippen molar-refractivity contribution in [2.75, 3.05) is 13.1 Å². The van der Waals surface area contributed by atoms with Crippen LogP contribution >= 0.6 is 12.2 Å². The molecule has 2 aromatic rings. The minimum Gasteiger partial charge on any atom is -0.343 e. The normalized spacial score (nSPS) is 15.2. The maximum absolute atomic E-state index is 9.31. The topological polar surface area (TPSA) is 69.4 Å². The van der Waals surface area contributed by atoms with Gasteiger partial charge in [0, 0.05) is 31.7 Å². The van der Waals surface area contributed by atoms with E-state index >= 15 is 0 Å². The zero-order valence-electron chi connectivity index (χ0n) is 9.16. The lowest BCUT2D eigenvalue weighted by Gasteiger charge is -2.04. The second kappa shape index (κ2) is 3.95. The lowest BCUT2D eigenvalue weighted by molar-refractivity contribution is 0.657. The highest BCUT2D eigenvalue weighted by Gasteiger charge is 2.19. The summed E-state index contributed by atoms with van der Waals surface area (Å²) < 4.78 is 2.68. The van der Waals surface area contributed by atoms with Crippen LogP contribution in [-0.2, 0) is 13.0 Å². The SMILES string of the molecule is N#Cc1c2n(c3c(=S)nc[nH]c13)CCNCC2. The molecule has 0 saturated carbocycles. The largest absolute Gasteiger partial charge is 0.343 e. The Kier molecular flexibility index (Phi) is 2.42. The summed E-state index contributed by atoms with van der Waals surface area (Å²) in [7, 11) is 0. The van der Waals surface area contributed by atoms with E-state index in [2.05, 4.69) is 25.9 Å².